The Morgan fingerprint density at radius 2 is 1.86 bits per heavy atom. The van der Waals surface area contributed by atoms with Crippen molar-refractivity contribution in [2.75, 3.05) is 50.1 Å². The quantitative estimate of drug-likeness (QED) is 0.355. The molecule has 4 aromatic rings. The molecule has 0 atom stereocenters. The Balaban J connectivity index is 1.09. The van der Waals surface area contributed by atoms with Gasteiger partial charge in [-0.3, -0.25) is 10.1 Å². The van der Waals surface area contributed by atoms with Gasteiger partial charge in [-0.15, -0.1) is 0 Å². The second-order valence-electron chi connectivity index (χ2n) is 11.3. The molecule has 222 valence electrons. The smallest absolute Gasteiger partial charge is 0.323 e. The molecule has 0 spiro atoms. The average molecular weight is 601 g/mol. The number of hydrogen-bond acceptors (Lipinski definition) is 7. The number of nitrogens with one attached hydrogen (secondary N) is 1. The third-order valence-corrected chi connectivity index (χ3v) is 9.17. The van der Waals surface area contributed by atoms with E-state index in [0.717, 1.165) is 60.2 Å². The SMILES string of the molecule is COC1CN(c2ncnc3c2c(-c2ccccc2Cl)cn3CC(=O)N2CCC(N3CCc4cccnc4NC3=O)CC2)C1. The van der Waals surface area contributed by atoms with Gasteiger partial charge in [0.2, 0.25) is 5.91 Å². The summed E-state index contributed by atoms with van der Waals surface area (Å²) in [5, 5.41) is 4.46. The van der Waals surface area contributed by atoms with E-state index < -0.39 is 0 Å². The number of pyridine rings is 1. The first-order valence-corrected chi connectivity index (χ1v) is 15.0. The van der Waals surface area contributed by atoms with Gasteiger partial charge in [0.25, 0.3) is 0 Å². The zero-order chi connectivity index (χ0) is 29.5. The number of ether oxygens (including phenoxy) is 1. The summed E-state index contributed by atoms with van der Waals surface area (Å²) in [5.41, 5.74) is 3.50. The number of amides is 3. The number of aromatic nitrogens is 4. The minimum Gasteiger partial charge on any atom is -0.378 e. The van der Waals surface area contributed by atoms with Gasteiger partial charge in [0.15, 0.2) is 0 Å². The molecule has 1 aromatic carbocycles. The summed E-state index contributed by atoms with van der Waals surface area (Å²) in [6.45, 7) is 3.42. The number of nitrogens with zero attached hydrogens (tertiary/aromatic N) is 7. The normalized spacial score (nSPS) is 17.9. The number of benzene rings is 1. The van der Waals surface area contributed by atoms with E-state index in [1.165, 1.54) is 0 Å². The number of hydrogen-bond donors (Lipinski definition) is 1. The van der Waals surface area contributed by atoms with Crippen LogP contribution in [0.15, 0.2) is 55.1 Å². The van der Waals surface area contributed by atoms with Crippen LogP contribution in [0.5, 0.6) is 0 Å². The van der Waals surface area contributed by atoms with Crippen molar-refractivity contribution in [3.8, 4) is 11.1 Å². The zero-order valence-electron chi connectivity index (χ0n) is 23.9. The Kier molecular flexibility index (Phi) is 7.36. The van der Waals surface area contributed by atoms with E-state index in [1.54, 1.807) is 19.6 Å². The molecule has 3 amide bonds. The lowest BCUT2D eigenvalue weighted by Gasteiger charge is -2.39. The van der Waals surface area contributed by atoms with Gasteiger partial charge >= 0.3 is 6.03 Å². The van der Waals surface area contributed by atoms with Crippen LogP contribution in [0.4, 0.5) is 16.4 Å². The van der Waals surface area contributed by atoms with E-state index in [-0.39, 0.29) is 30.6 Å². The molecule has 6 heterocycles. The maximum Gasteiger partial charge on any atom is 0.323 e. The van der Waals surface area contributed by atoms with Gasteiger partial charge in [-0.25, -0.2) is 19.7 Å². The molecule has 3 aliphatic heterocycles. The fraction of sp³-hybridized carbons (Fsp3) is 0.387. The van der Waals surface area contributed by atoms with Crippen molar-refractivity contribution in [2.24, 2.45) is 0 Å². The summed E-state index contributed by atoms with van der Waals surface area (Å²) in [7, 11) is 1.72. The van der Waals surface area contributed by atoms with Crippen LogP contribution >= 0.6 is 11.6 Å². The fourth-order valence-electron chi connectivity index (χ4n) is 6.40. The number of carbonyl (C=O) groups excluding carboxylic acids is 2. The van der Waals surface area contributed by atoms with Crippen molar-refractivity contribution >= 4 is 46.2 Å². The highest BCUT2D eigenvalue weighted by molar-refractivity contribution is 6.33. The van der Waals surface area contributed by atoms with Crippen LogP contribution in [0.2, 0.25) is 5.02 Å². The van der Waals surface area contributed by atoms with Gasteiger partial charge < -0.3 is 24.0 Å². The van der Waals surface area contributed by atoms with Crippen LogP contribution in [0.1, 0.15) is 18.4 Å². The van der Waals surface area contributed by atoms with Crippen LogP contribution in [-0.2, 0) is 22.5 Å². The Hall–Kier alpha value is -4.22. The lowest BCUT2D eigenvalue weighted by molar-refractivity contribution is -0.133. The number of fused-ring (bicyclic) bond motifs is 2. The van der Waals surface area contributed by atoms with Gasteiger partial charge in [-0.1, -0.05) is 35.9 Å². The molecule has 43 heavy (non-hydrogen) atoms. The molecule has 0 saturated carbocycles. The fourth-order valence-corrected chi connectivity index (χ4v) is 6.64. The number of piperidine rings is 1. The first-order valence-electron chi connectivity index (χ1n) is 14.7. The maximum absolute atomic E-state index is 13.7. The Morgan fingerprint density at radius 3 is 2.65 bits per heavy atom. The topological polar surface area (TPSA) is 109 Å². The number of carbonyl (C=O) groups is 2. The van der Waals surface area contributed by atoms with Crippen LogP contribution in [0, 0.1) is 0 Å². The van der Waals surface area contributed by atoms with Crippen LogP contribution in [0.3, 0.4) is 0 Å². The molecule has 0 bridgehead atoms. The van der Waals surface area contributed by atoms with E-state index >= 15 is 0 Å². The van der Waals surface area contributed by atoms with Crippen molar-refractivity contribution in [1.82, 2.24) is 29.3 Å². The second kappa shape index (κ2) is 11.5. The molecule has 12 heteroatoms. The highest BCUT2D eigenvalue weighted by Gasteiger charge is 2.33. The lowest BCUT2D eigenvalue weighted by atomic mass is 10.0. The minimum absolute atomic E-state index is 0.0153. The van der Waals surface area contributed by atoms with Crippen LogP contribution in [0.25, 0.3) is 22.2 Å². The molecule has 2 saturated heterocycles. The van der Waals surface area contributed by atoms with E-state index in [4.69, 9.17) is 16.3 Å². The van der Waals surface area contributed by atoms with Crippen molar-refractivity contribution < 1.29 is 14.3 Å². The molecule has 2 fully saturated rings. The van der Waals surface area contributed by atoms with E-state index in [1.807, 2.05) is 57.0 Å². The number of urea groups is 1. The first-order chi connectivity index (χ1) is 21.0. The monoisotopic (exact) mass is 600 g/mol. The van der Waals surface area contributed by atoms with Crippen molar-refractivity contribution in [2.45, 2.75) is 38.0 Å². The molecule has 0 radical (unpaired) electrons. The first kappa shape index (κ1) is 27.6. The third-order valence-electron chi connectivity index (χ3n) is 8.84. The van der Waals surface area contributed by atoms with E-state index in [0.29, 0.717) is 36.1 Å². The lowest BCUT2D eigenvalue weighted by Crippen LogP contribution is -2.52. The summed E-state index contributed by atoms with van der Waals surface area (Å²) in [5.74, 6) is 1.46. The van der Waals surface area contributed by atoms with E-state index in [2.05, 4.69) is 25.2 Å². The summed E-state index contributed by atoms with van der Waals surface area (Å²) < 4.78 is 7.40. The maximum atomic E-state index is 13.7. The van der Waals surface area contributed by atoms with Gasteiger partial charge in [0, 0.05) is 74.4 Å². The highest BCUT2D eigenvalue weighted by atomic mass is 35.5. The third kappa shape index (κ3) is 5.16. The molecule has 3 aromatic heterocycles. The van der Waals surface area contributed by atoms with Crippen LogP contribution < -0.4 is 10.2 Å². The van der Waals surface area contributed by atoms with Gasteiger partial charge in [-0.2, -0.15) is 0 Å². The minimum atomic E-state index is -0.123. The standard InChI is InChI=1S/C31H33ClN8O3/c1-43-22-15-38(16-22)29-27-24(23-6-2-3-7-25(23)32)17-39(30(27)35-19-34-29)18-26(41)37-12-9-21(10-13-37)40-14-8-20-5-4-11-33-28(20)36-31(40)42/h2-7,11,17,19,21-22H,8-10,12-16,18H2,1H3,(H,33,36,42). The molecular formula is C31H33ClN8O3. The Morgan fingerprint density at radius 1 is 1.05 bits per heavy atom. The molecule has 3 aliphatic rings. The highest BCUT2D eigenvalue weighted by Crippen LogP contribution is 2.39. The summed E-state index contributed by atoms with van der Waals surface area (Å²) >= 11 is 6.65. The predicted molar refractivity (Wildman–Crippen MR) is 164 cm³/mol. The summed E-state index contributed by atoms with van der Waals surface area (Å²) in [6.07, 6.45) is 7.58. The van der Waals surface area contributed by atoms with Crippen molar-refractivity contribution in [3.05, 3.63) is 65.7 Å². The second-order valence-corrected chi connectivity index (χ2v) is 11.7. The molecular weight excluding hydrogens is 568 g/mol. The van der Waals surface area contributed by atoms with Crippen molar-refractivity contribution in [1.29, 1.82) is 0 Å². The van der Waals surface area contributed by atoms with Crippen molar-refractivity contribution in [3.63, 3.8) is 0 Å². The molecule has 1 N–H and O–H groups in total. The molecule has 7 rings (SSSR count). The Labute approximate surface area is 254 Å². The number of halogens is 1. The summed E-state index contributed by atoms with van der Waals surface area (Å²) in [4.78, 5) is 46.2. The molecule has 0 unspecified atom stereocenters. The number of methoxy groups -OCH3 is 1. The predicted octanol–water partition coefficient (Wildman–Crippen LogP) is 4.06. The Bertz CT molecular complexity index is 1680. The average Bonchev–Trinajstić information content (AvgIpc) is 3.27. The van der Waals surface area contributed by atoms with Gasteiger partial charge in [0.1, 0.15) is 30.2 Å². The van der Waals surface area contributed by atoms with Crippen LogP contribution in [-0.4, -0.2) is 93.2 Å². The zero-order valence-corrected chi connectivity index (χ0v) is 24.7. The largest absolute Gasteiger partial charge is 0.378 e. The van der Waals surface area contributed by atoms with Gasteiger partial charge in [-0.05, 0) is 37.0 Å². The molecule has 0 aliphatic carbocycles. The summed E-state index contributed by atoms with van der Waals surface area (Å²) in [6, 6.07) is 11.5. The number of rotatable bonds is 6. The molecule has 11 nitrogen and oxygen atoms in total. The van der Waals surface area contributed by atoms with E-state index in [9.17, 15) is 9.59 Å². The number of likely N-dealkylation sites (tertiary alicyclic amines) is 1. The van der Waals surface area contributed by atoms with Gasteiger partial charge in [0.05, 0.1) is 11.5 Å². The number of anilines is 2.